The van der Waals surface area contributed by atoms with E-state index in [1.54, 1.807) is 61.2 Å². The van der Waals surface area contributed by atoms with E-state index in [0.29, 0.717) is 34.6 Å². The number of benzene rings is 1. The summed E-state index contributed by atoms with van der Waals surface area (Å²) in [6.07, 6.45) is 2.86. The maximum absolute atomic E-state index is 13.0. The van der Waals surface area contributed by atoms with Crippen molar-refractivity contribution in [3.05, 3.63) is 66.2 Å². The number of rotatable bonds is 5. The lowest BCUT2D eigenvalue weighted by molar-refractivity contribution is -0.189. The Kier molecular flexibility index (Phi) is 7.07. The Morgan fingerprint density at radius 3 is 2.38 bits per heavy atom. The number of hydrogen-bond acceptors (Lipinski definition) is 7. The minimum Gasteiger partial charge on any atom is -0.450 e. The van der Waals surface area contributed by atoms with Gasteiger partial charge in [0.1, 0.15) is 11.4 Å². The van der Waals surface area contributed by atoms with Gasteiger partial charge >= 0.3 is 18.2 Å². The van der Waals surface area contributed by atoms with E-state index in [1.807, 2.05) is 11.0 Å². The van der Waals surface area contributed by atoms with E-state index in [9.17, 15) is 22.8 Å². The van der Waals surface area contributed by atoms with Gasteiger partial charge in [0.2, 0.25) is 0 Å². The number of carbonyl (C=O) groups excluding carboxylic acids is 2. The lowest BCUT2D eigenvalue weighted by Gasteiger charge is -2.38. The van der Waals surface area contributed by atoms with Gasteiger partial charge in [0.15, 0.2) is 5.65 Å². The van der Waals surface area contributed by atoms with Gasteiger partial charge in [-0.2, -0.15) is 18.3 Å². The average molecular weight is 580 g/mol. The molecule has 12 heteroatoms. The van der Waals surface area contributed by atoms with E-state index < -0.39 is 12.1 Å². The summed E-state index contributed by atoms with van der Waals surface area (Å²) >= 11 is 0. The predicted molar refractivity (Wildman–Crippen MR) is 146 cm³/mol. The summed E-state index contributed by atoms with van der Waals surface area (Å²) in [7, 11) is 0. The van der Waals surface area contributed by atoms with Crippen LogP contribution in [0.1, 0.15) is 49.8 Å². The lowest BCUT2D eigenvalue weighted by atomic mass is 9.88. The molecule has 2 aliphatic rings. The summed E-state index contributed by atoms with van der Waals surface area (Å²) in [5, 5.41) is 4.97. The van der Waals surface area contributed by atoms with Crippen LogP contribution in [-0.2, 0) is 9.53 Å². The van der Waals surface area contributed by atoms with Gasteiger partial charge in [-0.1, -0.05) is 12.1 Å². The molecule has 2 aliphatic heterocycles. The highest BCUT2D eigenvalue weighted by molar-refractivity contribution is 5.91. The van der Waals surface area contributed by atoms with E-state index in [1.165, 1.54) is 6.07 Å². The fourth-order valence-corrected chi connectivity index (χ4v) is 6.19. The third kappa shape index (κ3) is 4.94. The van der Waals surface area contributed by atoms with Crippen LogP contribution in [0.2, 0.25) is 0 Å². The summed E-state index contributed by atoms with van der Waals surface area (Å²) in [4.78, 5) is 34.9. The molecule has 218 valence electrons. The van der Waals surface area contributed by atoms with Crippen molar-refractivity contribution in [3.63, 3.8) is 0 Å². The summed E-state index contributed by atoms with van der Waals surface area (Å²) in [6, 6.07) is 10.4. The van der Waals surface area contributed by atoms with Gasteiger partial charge in [0.25, 0.3) is 0 Å². The van der Waals surface area contributed by atoms with Crippen LogP contribution in [0.25, 0.3) is 28.0 Å². The normalized spacial score (nSPS) is 20.1. The second-order valence-electron chi connectivity index (χ2n) is 10.6. The number of esters is 1. The van der Waals surface area contributed by atoms with Gasteiger partial charge in [0.05, 0.1) is 12.2 Å². The highest BCUT2D eigenvalue weighted by Crippen LogP contribution is 2.44. The van der Waals surface area contributed by atoms with Crippen LogP contribution in [0.15, 0.2) is 55.0 Å². The van der Waals surface area contributed by atoms with Crippen molar-refractivity contribution >= 4 is 17.7 Å². The number of alkyl halides is 3. The first-order valence-electron chi connectivity index (χ1n) is 13.8. The molecule has 42 heavy (non-hydrogen) atoms. The molecule has 2 fully saturated rings. The number of pyridine rings is 1. The minimum absolute atomic E-state index is 0.0636. The number of carbonyl (C=O) groups is 2. The zero-order chi connectivity index (χ0) is 29.6. The molecule has 2 atom stereocenters. The molecule has 3 aromatic heterocycles. The smallest absolute Gasteiger partial charge is 0.450 e. The van der Waals surface area contributed by atoms with Gasteiger partial charge in [-0.05, 0) is 74.9 Å². The molecule has 2 bridgehead atoms. The van der Waals surface area contributed by atoms with Gasteiger partial charge in [0, 0.05) is 47.8 Å². The van der Waals surface area contributed by atoms with Gasteiger partial charge in [-0.25, -0.2) is 19.1 Å². The fraction of sp³-hybridized carbons (Fsp3) is 0.367. The predicted octanol–water partition coefficient (Wildman–Crippen LogP) is 6.10. The van der Waals surface area contributed by atoms with Crippen LogP contribution in [-0.4, -0.2) is 61.4 Å². The van der Waals surface area contributed by atoms with Crippen molar-refractivity contribution in [1.29, 1.82) is 0 Å². The van der Waals surface area contributed by atoms with Crippen LogP contribution >= 0.6 is 0 Å². The second kappa shape index (κ2) is 10.7. The molecular formula is C30H28F3N5O4. The summed E-state index contributed by atoms with van der Waals surface area (Å²) in [6.45, 7) is 3.69. The van der Waals surface area contributed by atoms with Crippen molar-refractivity contribution < 1.29 is 32.2 Å². The first kappa shape index (κ1) is 27.7. The van der Waals surface area contributed by atoms with Gasteiger partial charge < -0.3 is 14.4 Å². The molecule has 1 aromatic carbocycles. The van der Waals surface area contributed by atoms with Crippen molar-refractivity contribution in [2.45, 2.75) is 63.7 Å². The van der Waals surface area contributed by atoms with E-state index in [2.05, 4.69) is 9.97 Å². The summed E-state index contributed by atoms with van der Waals surface area (Å²) in [5.74, 6) is -2.40. The Morgan fingerprint density at radius 2 is 1.71 bits per heavy atom. The van der Waals surface area contributed by atoms with E-state index in [0.717, 1.165) is 36.9 Å². The van der Waals surface area contributed by atoms with Gasteiger partial charge in [-0.3, -0.25) is 4.98 Å². The van der Waals surface area contributed by atoms with Crippen molar-refractivity contribution in [2.24, 2.45) is 0 Å². The third-order valence-corrected chi connectivity index (χ3v) is 8.04. The number of nitrogens with zero attached hydrogens (tertiary/aromatic N) is 5. The van der Waals surface area contributed by atoms with Gasteiger partial charge in [-0.15, -0.1) is 0 Å². The molecule has 1 amide bonds. The fourth-order valence-electron chi connectivity index (χ4n) is 6.19. The number of ether oxygens (including phenoxy) is 2. The van der Waals surface area contributed by atoms with Crippen LogP contribution in [0.3, 0.4) is 0 Å². The van der Waals surface area contributed by atoms with Crippen LogP contribution in [0, 0.1) is 6.92 Å². The number of amides is 1. The van der Waals surface area contributed by atoms with E-state index in [-0.39, 0.29) is 29.8 Å². The Labute approximate surface area is 239 Å². The van der Waals surface area contributed by atoms with E-state index in [4.69, 9.17) is 14.6 Å². The Balaban J connectivity index is 1.45. The molecule has 2 saturated heterocycles. The first-order chi connectivity index (χ1) is 20.2. The second-order valence-corrected chi connectivity index (χ2v) is 10.6. The zero-order valence-electron chi connectivity index (χ0n) is 23.0. The number of hydrogen-bond donors (Lipinski definition) is 0. The topological polar surface area (TPSA) is 98.9 Å². The van der Waals surface area contributed by atoms with E-state index >= 15 is 0 Å². The minimum atomic E-state index is -5.13. The number of fused-ring (bicyclic) bond motifs is 3. The maximum Gasteiger partial charge on any atom is 0.491 e. The average Bonchev–Trinajstić information content (AvgIpc) is 3.49. The molecule has 0 spiro atoms. The monoisotopic (exact) mass is 579 g/mol. The molecule has 9 nitrogen and oxygen atoms in total. The number of halogens is 3. The number of piperidine rings is 1. The van der Waals surface area contributed by atoms with Crippen molar-refractivity contribution in [1.82, 2.24) is 24.5 Å². The molecule has 0 N–H and O–H groups in total. The number of aryl methyl sites for hydroxylation is 1. The standard InChI is InChI=1S/C30H28F3N5O4/c1-3-41-29(40)37-21-6-7-22(37)15-20(14-21)23-10-13-35-27-25(26(36-38(23)27)18-8-11-34-12-9-18)19-5-4-17(2)24(16-19)42-28(39)30(31,32)33/h4-5,8-13,16,20-22H,3,6-7,14-15H2,1-2H3. The first-order valence-corrected chi connectivity index (χ1v) is 13.8. The third-order valence-electron chi connectivity index (χ3n) is 8.04. The highest BCUT2D eigenvalue weighted by Gasteiger charge is 2.45. The molecule has 0 saturated carbocycles. The molecule has 2 unspecified atom stereocenters. The maximum atomic E-state index is 13.0. The molecule has 0 radical (unpaired) electrons. The zero-order valence-corrected chi connectivity index (χ0v) is 23.0. The molecule has 0 aliphatic carbocycles. The largest absolute Gasteiger partial charge is 0.491 e. The molecule has 6 rings (SSSR count). The Morgan fingerprint density at radius 1 is 1.00 bits per heavy atom. The lowest BCUT2D eigenvalue weighted by Crippen LogP contribution is -2.46. The number of aromatic nitrogens is 4. The molecule has 4 aromatic rings. The van der Waals surface area contributed by atoms with Crippen molar-refractivity contribution in [3.8, 4) is 28.1 Å². The van der Waals surface area contributed by atoms with Crippen LogP contribution in [0.4, 0.5) is 18.0 Å². The highest BCUT2D eigenvalue weighted by atomic mass is 19.4. The summed E-state index contributed by atoms with van der Waals surface area (Å²) < 4.78 is 50.8. The van der Waals surface area contributed by atoms with Crippen LogP contribution in [0.5, 0.6) is 5.75 Å². The Bertz CT molecular complexity index is 1640. The SMILES string of the molecule is CCOC(=O)N1C2CCC1CC(c1ccnc3c(-c4ccc(C)c(OC(=O)C(F)(F)F)c4)c(-c4ccncc4)nn13)C2. The van der Waals surface area contributed by atoms with Crippen LogP contribution < -0.4 is 4.74 Å². The summed E-state index contributed by atoms with van der Waals surface area (Å²) in [5.41, 5.74) is 4.18. The quantitative estimate of drug-likeness (QED) is 0.208. The molecular weight excluding hydrogens is 551 g/mol. The van der Waals surface area contributed by atoms with Crippen molar-refractivity contribution in [2.75, 3.05) is 6.61 Å². The molecule has 5 heterocycles. The Hall–Kier alpha value is -4.48.